The molecule has 9 heteroatoms. The van der Waals surface area contributed by atoms with Gasteiger partial charge in [0.15, 0.2) is 6.10 Å². The summed E-state index contributed by atoms with van der Waals surface area (Å²) in [7, 11) is 0. The highest BCUT2D eigenvalue weighted by Crippen LogP contribution is 2.17. The lowest BCUT2D eigenvalue weighted by atomic mass is 10.1. The van der Waals surface area contributed by atoms with Crippen molar-refractivity contribution in [2.75, 3.05) is 5.32 Å². The highest BCUT2D eigenvalue weighted by atomic mass is 35.5. The number of nitrogens with one attached hydrogen (secondary N) is 1. The van der Waals surface area contributed by atoms with Gasteiger partial charge in [0.05, 0.1) is 21.5 Å². The molecular formula is C20H17ClN4O4. The number of rotatable bonds is 4. The number of ether oxygens (including phenoxy) is 1. The predicted octanol–water partition coefficient (Wildman–Crippen LogP) is 2.58. The Morgan fingerprint density at radius 2 is 2.10 bits per heavy atom. The van der Waals surface area contributed by atoms with Gasteiger partial charge in [-0.15, -0.1) is 0 Å². The summed E-state index contributed by atoms with van der Waals surface area (Å²) in [6.07, 6.45) is 1.96. The molecule has 0 fully saturated rings. The number of pyridine rings is 1. The zero-order chi connectivity index (χ0) is 20.5. The first-order valence-corrected chi connectivity index (χ1v) is 9.47. The van der Waals surface area contributed by atoms with Crippen LogP contribution in [0, 0.1) is 0 Å². The lowest BCUT2D eigenvalue weighted by molar-refractivity contribution is -0.123. The molecule has 1 aromatic carbocycles. The summed E-state index contributed by atoms with van der Waals surface area (Å²) in [5.74, 6) is -0.188. The smallest absolute Gasteiger partial charge is 0.338 e. The fourth-order valence-electron chi connectivity index (χ4n) is 3.17. The number of nitrogens with zero attached hydrogens (tertiary/aromatic N) is 3. The Hall–Kier alpha value is -3.26. The SMILES string of the molecule is C[C@@H](OC(=O)c1ccc2c(=O)n3c(nc2c1)CCC3)C(=O)Nc1ccc(Cl)cn1. The standard InChI is InChI=1S/C20H17ClN4O4/c1-11(18(26)24-16-7-5-13(21)10-22-16)29-20(28)12-4-6-14-15(9-12)23-17-3-2-8-25(17)19(14)27/h4-7,9-11H,2-3,8H2,1H3,(H,22,24,26)/t11-/m1/s1. The van der Waals surface area contributed by atoms with E-state index in [2.05, 4.69) is 15.3 Å². The highest BCUT2D eigenvalue weighted by molar-refractivity contribution is 6.30. The van der Waals surface area contributed by atoms with E-state index in [1.165, 1.54) is 25.3 Å². The molecule has 1 aliphatic heterocycles. The molecule has 0 unspecified atom stereocenters. The summed E-state index contributed by atoms with van der Waals surface area (Å²) in [6, 6.07) is 7.71. The maximum atomic E-state index is 12.5. The molecule has 148 valence electrons. The third-order valence-electron chi connectivity index (χ3n) is 4.68. The number of amides is 1. The van der Waals surface area contributed by atoms with Gasteiger partial charge >= 0.3 is 5.97 Å². The van der Waals surface area contributed by atoms with E-state index in [4.69, 9.17) is 16.3 Å². The highest BCUT2D eigenvalue weighted by Gasteiger charge is 2.21. The number of anilines is 1. The van der Waals surface area contributed by atoms with E-state index >= 15 is 0 Å². The topological polar surface area (TPSA) is 103 Å². The maximum absolute atomic E-state index is 12.5. The molecule has 1 amide bonds. The van der Waals surface area contributed by atoms with Crippen LogP contribution in [0.15, 0.2) is 41.3 Å². The summed E-state index contributed by atoms with van der Waals surface area (Å²) in [5, 5.41) is 3.44. The van der Waals surface area contributed by atoms with Crippen molar-refractivity contribution in [1.29, 1.82) is 0 Å². The van der Waals surface area contributed by atoms with Gasteiger partial charge in [0.1, 0.15) is 11.6 Å². The molecule has 1 atom stereocenters. The van der Waals surface area contributed by atoms with Crippen LogP contribution < -0.4 is 10.9 Å². The van der Waals surface area contributed by atoms with Crippen LogP contribution in [0.5, 0.6) is 0 Å². The second-order valence-corrected chi connectivity index (χ2v) is 7.16. The van der Waals surface area contributed by atoms with Crippen molar-refractivity contribution in [2.24, 2.45) is 0 Å². The number of aromatic nitrogens is 3. The van der Waals surface area contributed by atoms with Crippen LogP contribution >= 0.6 is 11.6 Å². The number of hydrogen-bond donors (Lipinski definition) is 1. The quantitative estimate of drug-likeness (QED) is 0.660. The molecule has 2 aromatic heterocycles. The van der Waals surface area contributed by atoms with E-state index in [0.29, 0.717) is 28.3 Å². The summed E-state index contributed by atoms with van der Waals surface area (Å²) in [4.78, 5) is 45.7. The fraction of sp³-hybridized carbons (Fsp3) is 0.250. The summed E-state index contributed by atoms with van der Waals surface area (Å²) in [5.41, 5.74) is 0.558. The Kier molecular flexibility index (Phi) is 5.02. The van der Waals surface area contributed by atoms with Crippen molar-refractivity contribution >= 4 is 40.2 Å². The fourth-order valence-corrected chi connectivity index (χ4v) is 3.28. The number of fused-ring (bicyclic) bond motifs is 2. The van der Waals surface area contributed by atoms with Crippen molar-refractivity contribution < 1.29 is 14.3 Å². The van der Waals surface area contributed by atoms with Gasteiger partial charge in [0.25, 0.3) is 11.5 Å². The number of carbonyl (C=O) groups is 2. The van der Waals surface area contributed by atoms with Gasteiger partial charge in [-0.05, 0) is 43.7 Å². The molecule has 0 saturated heterocycles. The van der Waals surface area contributed by atoms with Gasteiger partial charge < -0.3 is 10.1 Å². The third-order valence-corrected chi connectivity index (χ3v) is 4.91. The normalized spacial score (nSPS) is 13.7. The average molecular weight is 413 g/mol. The minimum Gasteiger partial charge on any atom is -0.449 e. The number of esters is 1. The molecule has 0 aliphatic carbocycles. The van der Waals surface area contributed by atoms with E-state index in [9.17, 15) is 14.4 Å². The minimum absolute atomic E-state index is 0.106. The Morgan fingerprint density at radius 1 is 1.28 bits per heavy atom. The van der Waals surface area contributed by atoms with E-state index in [0.717, 1.165) is 18.7 Å². The number of aryl methyl sites for hydroxylation is 1. The lowest BCUT2D eigenvalue weighted by Gasteiger charge is -2.13. The first kappa shape index (κ1) is 19.1. The van der Waals surface area contributed by atoms with E-state index in [1.54, 1.807) is 22.8 Å². The number of halogens is 1. The Morgan fingerprint density at radius 3 is 2.86 bits per heavy atom. The molecule has 1 N–H and O–H groups in total. The van der Waals surface area contributed by atoms with Crippen LogP contribution in [0.3, 0.4) is 0 Å². The molecule has 3 heterocycles. The minimum atomic E-state index is -1.05. The molecule has 8 nitrogen and oxygen atoms in total. The maximum Gasteiger partial charge on any atom is 0.338 e. The molecule has 0 radical (unpaired) electrons. The van der Waals surface area contributed by atoms with Crippen molar-refractivity contribution in [3.05, 3.63) is 63.3 Å². The molecule has 1 aliphatic rings. The van der Waals surface area contributed by atoms with Crippen molar-refractivity contribution in [1.82, 2.24) is 14.5 Å². The van der Waals surface area contributed by atoms with Crippen LogP contribution in [0.4, 0.5) is 5.82 Å². The van der Waals surface area contributed by atoms with Crippen LogP contribution in [-0.4, -0.2) is 32.5 Å². The van der Waals surface area contributed by atoms with Crippen LogP contribution in [0.2, 0.25) is 5.02 Å². The zero-order valence-electron chi connectivity index (χ0n) is 15.5. The average Bonchev–Trinajstić information content (AvgIpc) is 3.18. The molecule has 0 spiro atoms. The number of hydrogen-bond acceptors (Lipinski definition) is 6. The third kappa shape index (κ3) is 3.84. The van der Waals surface area contributed by atoms with Gasteiger partial charge in [0, 0.05) is 19.2 Å². The Balaban J connectivity index is 1.49. The monoisotopic (exact) mass is 412 g/mol. The Bertz CT molecular complexity index is 1170. The van der Waals surface area contributed by atoms with Crippen molar-refractivity contribution in [2.45, 2.75) is 32.4 Å². The van der Waals surface area contributed by atoms with Crippen LogP contribution in [0.25, 0.3) is 10.9 Å². The largest absolute Gasteiger partial charge is 0.449 e. The second kappa shape index (κ2) is 7.63. The first-order chi connectivity index (χ1) is 13.9. The molecule has 29 heavy (non-hydrogen) atoms. The first-order valence-electron chi connectivity index (χ1n) is 9.09. The van der Waals surface area contributed by atoms with Gasteiger partial charge in [0.2, 0.25) is 0 Å². The van der Waals surface area contributed by atoms with E-state index in [1.807, 2.05) is 0 Å². The number of carbonyl (C=O) groups excluding carboxylic acids is 2. The van der Waals surface area contributed by atoms with Gasteiger partial charge in [-0.3, -0.25) is 14.2 Å². The van der Waals surface area contributed by atoms with Crippen molar-refractivity contribution in [3.8, 4) is 0 Å². The molecule has 0 saturated carbocycles. The predicted molar refractivity (Wildman–Crippen MR) is 107 cm³/mol. The van der Waals surface area contributed by atoms with Crippen molar-refractivity contribution in [3.63, 3.8) is 0 Å². The van der Waals surface area contributed by atoms with Gasteiger partial charge in [-0.1, -0.05) is 11.6 Å². The number of benzene rings is 1. The molecule has 0 bridgehead atoms. The summed E-state index contributed by atoms with van der Waals surface area (Å²) < 4.78 is 6.91. The van der Waals surface area contributed by atoms with Crippen LogP contribution in [0.1, 0.15) is 29.5 Å². The second-order valence-electron chi connectivity index (χ2n) is 6.72. The molecule has 4 rings (SSSR count). The lowest BCUT2D eigenvalue weighted by Crippen LogP contribution is -2.30. The summed E-state index contributed by atoms with van der Waals surface area (Å²) in [6.45, 7) is 2.12. The Labute approximate surface area is 170 Å². The van der Waals surface area contributed by atoms with E-state index < -0.39 is 18.0 Å². The van der Waals surface area contributed by atoms with Gasteiger partial charge in [-0.25, -0.2) is 14.8 Å². The van der Waals surface area contributed by atoms with Crippen LogP contribution in [-0.2, 0) is 22.5 Å². The molecular weight excluding hydrogens is 396 g/mol. The van der Waals surface area contributed by atoms with Gasteiger partial charge in [-0.2, -0.15) is 0 Å². The summed E-state index contributed by atoms with van der Waals surface area (Å²) >= 11 is 5.76. The molecule has 3 aromatic rings. The van der Waals surface area contributed by atoms with E-state index in [-0.39, 0.29) is 11.1 Å². The zero-order valence-corrected chi connectivity index (χ0v) is 16.3.